The first-order chi connectivity index (χ1) is 13.1. The predicted molar refractivity (Wildman–Crippen MR) is 112 cm³/mol. The minimum atomic E-state index is -6.00. The molecule has 2 aliphatic heterocycles. The predicted octanol–water partition coefficient (Wildman–Crippen LogP) is 7.17. The highest BCUT2D eigenvalue weighted by atomic mass is 35.5. The van der Waals surface area contributed by atoms with Crippen molar-refractivity contribution in [3.63, 3.8) is 0 Å². The van der Waals surface area contributed by atoms with Crippen LogP contribution in [-0.2, 0) is 10.9 Å². The minimum absolute atomic E-state index is 0.312. The Balaban J connectivity index is 0.000000403. The SMILES string of the molecule is CC1=C(C)C[S+]2c3ccccc3C(c3ccc(Cl)cc3)=CC2C1.F[B-](F)(F)F. The average Bonchev–Trinajstić information content (AvgIpc) is 2.62. The van der Waals surface area contributed by atoms with Gasteiger partial charge in [-0.2, -0.15) is 0 Å². The number of fused-ring (bicyclic) bond motifs is 3. The molecule has 2 unspecified atom stereocenters. The second kappa shape index (κ2) is 8.38. The summed E-state index contributed by atoms with van der Waals surface area (Å²) in [4.78, 5) is 1.54. The molecular weight excluding hydrogens is 407 g/mol. The van der Waals surface area contributed by atoms with Gasteiger partial charge in [-0.15, -0.1) is 0 Å². The van der Waals surface area contributed by atoms with Gasteiger partial charge in [-0.1, -0.05) is 41.4 Å². The Hall–Kier alpha value is -1.66. The molecule has 0 radical (unpaired) electrons. The Morgan fingerprint density at radius 1 is 0.929 bits per heavy atom. The van der Waals surface area contributed by atoms with Gasteiger partial charge in [0.05, 0.1) is 0 Å². The fourth-order valence-corrected chi connectivity index (χ4v) is 6.50. The van der Waals surface area contributed by atoms with Crippen LogP contribution in [0.15, 0.2) is 70.6 Å². The van der Waals surface area contributed by atoms with Crippen LogP contribution in [0.1, 0.15) is 31.4 Å². The molecule has 0 aromatic heterocycles. The summed E-state index contributed by atoms with van der Waals surface area (Å²) in [6.45, 7) is 4.60. The van der Waals surface area contributed by atoms with E-state index in [1.54, 1.807) is 11.1 Å². The Bertz CT molecular complexity index is 913. The van der Waals surface area contributed by atoms with E-state index in [-0.39, 0.29) is 0 Å². The van der Waals surface area contributed by atoms with E-state index in [4.69, 9.17) is 11.6 Å². The summed E-state index contributed by atoms with van der Waals surface area (Å²) >= 11 is 6.07. The number of hydrogen-bond acceptors (Lipinski definition) is 0. The number of rotatable bonds is 1. The summed E-state index contributed by atoms with van der Waals surface area (Å²) in [6.07, 6.45) is 3.71. The summed E-state index contributed by atoms with van der Waals surface area (Å²) < 4.78 is 39.0. The smallest absolute Gasteiger partial charge is 0.418 e. The molecule has 4 rings (SSSR count). The van der Waals surface area contributed by atoms with E-state index in [9.17, 15) is 17.3 Å². The first kappa shape index (κ1) is 21.1. The van der Waals surface area contributed by atoms with Crippen LogP contribution in [0.5, 0.6) is 0 Å². The maximum Gasteiger partial charge on any atom is 0.673 e. The third-order valence-corrected chi connectivity index (χ3v) is 7.89. The van der Waals surface area contributed by atoms with E-state index in [1.165, 1.54) is 33.8 Å². The van der Waals surface area contributed by atoms with Gasteiger partial charge in [-0.05, 0) is 60.9 Å². The van der Waals surface area contributed by atoms with Crippen LogP contribution in [0.25, 0.3) is 5.57 Å². The summed E-state index contributed by atoms with van der Waals surface area (Å²) in [5.41, 5.74) is 7.21. The monoisotopic (exact) mass is 426 g/mol. The number of benzene rings is 2. The quantitative estimate of drug-likeness (QED) is 0.196. The number of halogens is 5. The van der Waals surface area contributed by atoms with E-state index < -0.39 is 7.25 Å². The van der Waals surface area contributed by atoms with Gasteiger partial charge in [0.25, 0.3) is 0 Å². The molecular formula is C21H20BClF4S. The fraction of sp³-hybridized carbons (Fsp3) is 0.238. The van der Waals surface area contributed by atoms with Crippen LogP contribution in [0, 0.1) is 0 Å². The molecule has 0 saturated carbocycles. The van der Waals surface area contributed by atoms with Gasteiger partial charge in [0.15, 0.2) is 4.90 Å². The zero-order valence-electron chi connectivity index (χ0n) is 15.6. The van der Waals surface area contributed by atoms with Gasteiger partial charge >= 0.3 is 7.25 Å². The van der Waals surface area contributed by atoms with Crippen LogP contribution in [-0.4, -0.2) is 18.3 Å². The Morgan fingerprint density at radius 2 is 1.54 bits per heavy atom. The molecule has 0 saturated heterocycles. The highest BCUT2D eigenvalue weighted by Gasteiger charge is 2.41. The third kappa shape index (κ3) is 5.03. The first-order valence-electron chi connectivity index (χ1n) is 8.93. The van der Waals surface area contributed by atoms with Gasteiger partial charge in [0.1, 0.15) is 11.0 Å². The lowest BCUT2D eigenvalue weighted by Crippen LogP contribution is -2.32. The van der Waals surface area contributed by atoms with E-state index in [0.29, 0.717) is 16.1 Å². The van der Waals surface area contributed by atoms with Crippen LogP contribution in [0.3, 0.4) is 0 Å². The molecule has 0 bridgehead atoms. The van der Waals surface area contributed by atoms with Crippen molar-refractivity contribution >= 4 is 35.3 Å². The average molecular weight is 427 g/mol. The highest BCUT2D eigenvalue weighted by molar-refractivity contribution is 7.98. The number of hydrogen-bond donors (Lipinski definition) is 0. The lowest BCUT2D eigenvalue weighted by atomic mass is 9.94. The lowest BCUT2D eigenvalue weighted by Gasteiger charge is -2.29. The molecule has 28 heavy (non-hydrogen) atoms. The second-order valence-corrected chi connectivity index (χ2v) is 9.58. The number of allylic oxidation sites excluding steroid dienone is 1. The summed E-state index contributed by atoms with van der Waals surface area (Å²) in [5.74, 6) is 1.22. The van der Waals surface area contributed by atoms with Crippen molar-refractivity contribution in [2.75, 3.05) is 5.75 Å². The van der Waals surface area contributed by atoms with Crippen molar-refractivity contribution in [3.05, 3.63) is 81.9 Å². The third-order valence-electron chi connectivity index (χ3n) is 4.94. The van der Waals surface area contributed by atoms with Gasteiger partial charge in [0, 0.05) is 27.9 Å². The van der Waals surface area contributed by atoms with Crippen LogP contribution in [0.4, 0.5) is 17.3 Å². The first-order valence-corrected chi connectivity index (χ1v) is 10.8. The summed E-state index contributed by atoms with van der Waals surface area (Å²) in [5, 5.41) is 1.43. The topological polar surface area (TPSA) is 0 Å². The molecule has 0 amide bonds. The largest absolute Gasteiger partial charge is 0.673 e. The highest BCUT2D eigenvalue weighted by Crippen LogP contribution is 2.42. The molecule has 0 fully saturated rings. The standard InChI is InChI=1S/C21H20ClS.BF4/c1-14-11-18-12-20(16-7-9-17(22)10-8-16)19-5-3-4-6-21(19)23(18)13-15(14)2;2-1(3,4)5/h3-10,12,18H,11,13H2,1-2H3;/q+1;-1. The Labute approximate surface area is 170 Å². The summed E-state index contributed by atoms with van der Waals surface area (Å²) in [7, 11) is -5.69. The van der Waals surface area contributed by atoms with Crippen molar-refractivity contribution in [2.24, 2.45) is 0 Å². The molecule has 2 atom stereocenters. The van der Waals surface area contributed by atoms with Gasteiger partial charge < -0.3 is 17.3 Å². The van der Waals surface area contributed by atoms with Crippen molar-refractivity contribution in [1.29, 1.82) is 0 Å². The Kier molecular flexibility index (Phi) is 6.30. The molecule has 7 heteroatoms. The van der Waals surface area contributed by atoms with Crippen LogP contribution < -0.4 is 0 Å². The van der Waals surface area contributed by atoms with Crippen molar-refractivity contribution < 1.29 is 17.3 Å². The molecule has 2 aliphatic rings. The minimum Gasteiger partial charge on any atom is -0.418 e. The maximum absolute atomic E-state index is 9.75. The maximum atomic E-state index is 9.75. The van der Waals surface area contributed by atoms with Crippen LogP contribution in [0.2, 0.25) is 5.02 Å². The van der Waals surface area contributed by atoms with Crippen molar-refractivity contribution in [2.45, 2.75) is 30.4 Å². The second-order valence-electron chi connectivity index (χ2n) is 6.95. The molecule has 0 spiro atoms. The van der Waals surface area contributed by atoms with E-state index in [0.717, 1.165) is 5.02 Å². The molecule has 148 valence electrons. The summed E-state index contributed by atoms with van der Waals surface area (Å²) in [6, 6.07) is 17.2. The van der Waals surface area contributed by atoms with Crippen LogP contribution >= 0.6 is 11.6 Å². The Morgan fingerprint density at radius 3 is 2.18 bits per heavy atom. The van der Waals surface area contributed by atoms with Crippen molar-refractivity contribution in [3.8, 4) is 0 Å². The lowest BCUT2D eigenvalue weighted by molar-refractivity contribution is 0.368. The van der Waals surface area contributed by atoms with Gasteiger partial charge in [0.2, 0.25) is 0 Å². The molecule has 2 aromatic rings. The van der Waals surface area contributed by atoms with Gasteiger partial charge in [-0.3, -0.25) is 0 Å². The molecule has 0 aliphatic carbocycles. The zero-order valence-corrected chi connectivity index (χ0v) is 17.1. The molecule has 2 heterocycles. The van der Waals surface area contributed by atoms with E-state index >= 15 is 0 Å². The molecule has 0 nitrogen and oxygen atoms in total. The molecule has 2 aromatic carbocycles. The fourth-order valence-electron chi connectivity index (χ4n) is 3.50. The van der Waals surface area contributed by atoms with E-state index in [1.807, 2.05) is 12.1 Å². The normalized spacial score (nSPS) is 21.2. The zero-order chi connectivity index (χ0) is 20.5. The molecule has 0 N–H and O–H groups in total. The van der Waals surface area contributed by atoms with E-state index in [2.05, 4.69) is 56.3 Å². The van der Waals surface area contributed by atoms with Crippen molar-refractivity contribution in [1.82, 2.24) is 0 Å². The van der Waals surface area contributed by atoms with Gasteiger partial charge in [-0.25, -0.2) is 0 Å².